The predicted octanol–water partition coefficient (Wildman–Crippen LogP) is 6.17. The van der Waals surface area contributed by atoms with Gasteiger partial charge in [-0.2, -0.15) is 0 Å². The largest absolute Gasteiger partial charge is 0.326 e. The lowest BCUT2D eigenvalue weighted by Crippen LogP contribution is -2.54. The van der Waals surface area contributed by atoms with Crippen molar-refractivity contribution in [2.24, 2.45) is 11.8 Å². The molecule has 0 radical (unpaired) electrons. The summed E-state index contributed by atoms with van der Waals surface area (Å²) in [5, 5.41) is 6.21. The van der Waals surface area contributed by atoms with Gasteiger partial charge in [0.2, 0.25) is 17.7 Å². The Hall–Kier alpha value is -3.46. The zero-order valence-corrected chi connectivity index (χ0v) is 24.4. The standard InChI is InChI=1S/C32H29Cl2FN4O3/c1-17(40)36-20-8-10-21(11-9-20)38-14-13-26-27(30(38)41)28(22-3-2-4-24(34)29(22)35)32(39(26)16-18-5-6-18)23-12-7-19(33)15-25(23)37-31(32)42/h2-4,7-12,15,18,26-28H,5-6,13-14,16H2,1H3,(H,36,40)(H,37,42)/t26-,27+,28-,32+/m0/s1. The van der Waals surface area contributed by atoms with E-state index in [1.807, 2.05) is 6.07 Å². The third-order valence-electron chi connectivity index (χ3n) is 9.23. The maximum atomic E-state index is 16.1. The van der Waals surface area contributed by atoms with Crippen LogP contribution in [-0.4, -0.2) is 41.8 Å². The lowest BCUT2D eigenvalue weighted by Gasteiger charge is -2.40. The fraction of sp³-hybridized carbons (Fsp3) is 0.344. The molecule has 0 aromatic heterocycles. The summed E-state index contributed by atoms with van der Waals surface area (Å²) in [6.45, 7) is 2.51. The predicted molar refractivity (Wildman–Crippen MR) is 160 cm³/mol. The summed E-state index contributed by atoms with van der Waals surface area (Å²) < 4.78 is 16.1. The van der Waals surface area contributed by atoms with Crippen molar-refractivity contribution in [3.63, 3.8) is 0 Å². The van der Waals surface area contributed by atoms with Crippen molar-refractivity contribution in [3.8, 4) is 0 Å². The number of piperidine rings is 1. The van der Waals surface area contributed by atoms with Crippen LogP contribution in [0.15, 0.2) is 60.7 Å². The molecule has 7 nitrogen and oxygen atoms in total. The smallest absolute Gasteiger partial charge is 0.250 e. The molecule has 3 fully saturated rings. The number of nitrogens with zero attached hydrogens (tertiary/aromatic N) is 2. The second-order valence-electron chi connectivity index (χ2n) is 11.7. The molecule has 3 heterocycles. The number of hydrogen-bond acceptors (Lipinski definition) is 4. The van der Waals surface area contributed by atoms with Crippen LogP contribution in [0.2, 0.25) is 10.0 Å². The number of halogens is 3. The third kappa shape index (κ3) is 4.14. The molecule has 7 rings (SSSR count). The highest BCUT2D eigenvalue weighted by Crippen LogP contribution is 2.62. The zero-order valence-electron chi connectivity index (χ0n) is 22.9. The molecule has 42 heavy (non-hydrogen) atoms. The van der Waals surface area contributed by atoms with E-state index in [-0.39, 0.29) is 34.3 Å². The van der Waals surface area contributed by atoms with E-state index in [9.17, 15) is 14.4 Å². The second-order valence-corrected chi connectivity index (χ2v) is 12.6. The van der Waals surface area contributed by atoms with Gasteiger partial charge in [-0.25, -0.2) is 4.39 Å². The molecule has 2 N–H and O–H groups in total. The topological polar surface area (TPSA) is 81.8 Å². The summed E-state index contributed by atoms with van der Waals surface area (Å²) in [5.74, 6) is -2.40. The Morgan fingerprint density at radius 3 is 2.55 bits per heavy atom. The van der Waals surface area contributed by atoms with Gasteiger partial charge in [0.25, 0.3) is 0 Å². The van der Waals surface area contributed by atoms with Gasteiger partial charge in [0.1, 0.15) is 11.4 Å². The maximum absolute atomic E-state index is 16.1. The van der Waals surface area contributed by atoms with Crippen LogP contribution >= 0.6 is 23.2 Å². The number of amides is 3. The number of carbonyl (C=O) groups excluding carboxylic acids is 3. The Bertz CT molecular complexity index is 1630. The van der Waals surface area contributed by atoms with E-state index in [1.54, 1.807) is 53.4 Å². The van der Waals surface area contributed by atoms with Crippen molar-refractivity contribution in [1.29, 1.82) is 0 Å². The van der Waals surface area contributed by atoms with Crippen LogP contribution < -0.4 is 15.5 Å². The minimum absolute atomic E-state index is 0.0525. The average Bonchev–Trinajstić information content (AvgIpc) is 3.67. The summed E-state index contributed by atoms with van der Waals surface area (Å²) in [5.41, 5.74) is 1.53. The maximum Gasteiger partial charge on any atom is 0.250 e. The van der Waals surface area contributed by atoms with E-state index in [1.165, 1.54) is 13.0 Å². The summed E-state index contributed by atoms with van der Waals surface area (Å²) in [6.07, 6.45) is 2.71. The molecule has 3 aromatic carbocycles. The summed E-state index contributed by atoms with van der Waals surface area (Å²) in [7, 11) is 0. The van der Waals surface area contributed by atoms with Crippen LogP contribution in [0.4, 0.5) is 21.5 Å². The van der Waals surface area contributed by atoms with Gasteiger partial charge >= 0.3 is 0 Å². The first kappa shape index (κ1) is 27.4. The first-order valence-corrected chi connectivity index (χ1v) is 15.0. The Balaban J connectivity index is 1.40. The van der Waals surface area contributed by atoms with Crippen LogP contribution in [0.3, 0.4) is 0 Å². The molecule has 3 aromatic rings. The van der Waals surface area contributed by atoms with Crippen molar-refractivity contribution >= 4 is 58.0 Å². The first-order chi connectivity index (χ1) is 20.2. The molecule has 3 amide bonds. The number of benzene rings is 3. The molecule has 1 aliphatic carbocycles. The first-order valence-electron chi connectivity index (χ1n) is 14.2. The van der Waals surface area contributed by atoms with Crippen LogP contribution in [0.25, 0.3) is 0 Å². The Morgan fingerprint density at radius 2 is 1.83 bits per heavy atom. The second kappa shape index (κ2) is 10.1. The Labute approximate surface area is 253 Å². The number of fused-ring (bicyclic) bond motifs is 3. The third-order valence-corrected chi connectivity index (χ3v) is 9.76. The normalized spacial score (nSPS) is 26.8. The van der Waals surface area contributed by atoms with Crippen LogP contribution in [0, 0.1) is 17.7 Å². The quantitative estimate of drug-likeness (QED) is 0.364. The molecule has 0 bridgehead atoms. The van der Waals surface area contributed by atoms with Crippen molar-refractivity contribution < 1.29 is 18.8 Å². The molecule has 2 saturated heterocycles. The number of nitrogens with one attached hydrogen (secondary N) is 2. The van der Waals surface area contributed by atoms with Crippen molar-refractivity contribution in [2.75, 3.05) is 28.6 Å². The van der Waals surface area contributed by atoms with E-state index in [0.29, 0.717) is 53.1 Å². The zero-order chi connectivity index (χ0) is 29.3. The molecule has 10 heteroatoms. The fourth-order valence-electron chi connectivity index (χ4n) is 7.42. The molecule has 1 saturated carbocycles. The van der Waals surface area contributed by atoms with Crippen LogP contribution in [-0.2, 0) is 19.9 Å². The van der Waals surface area contributed by atoms with Gasteiger partial charge in [-0.3, -0.25) is 19.3 Å². The van der Waals surface area contributed by atoms with Crippen molar-refractivity contribution in [3.05, 3.63) is 87.7 Å². The van der Waals surface area contributed by atoms with Gasteiger partial charge in [0.05, 0.1) is 10.9 Å². The lowest BCUT2D eigenvalue weighted by molar-refractivity contribution is -0.128. The Kier molecular flexibility index (Phi) is 6.57. The molecule has 1 spiro atoms. The molecule has 0 unspecified atom stereocenters. The van der Waals surface area contributed by atoms with Gasteiger partial charge < -0.3 is 15.5 Å². The number of rotatable bonds is 5. The Morgan fingerprint density at radius 1 is 1.07 bits per heavy atom. The number of carbonyl (C=O) groups is 3. The van der Waals surface area contributed by atoms with Crippen molar-refractivity contribution in [1.82, 2.24) is 4.90 Å². The number of likely N-dealkylation sites (tertiary alicyclic amines) is 1. The van der Waals surface area contributed by atoms with Crippen LogP contribution in [0.5, 0.6) is 0 Å². The van der Waals surface area contributed by atoms with Gasteiger partial charge in [-0.1, -0.05) is 41.4 Å². The van der Waals surface area contributed by atoms with Gasteiger partial charge in [0.15, 0.2) is 0 Å². The van der Waals surface area contributed by atoms with E-state index in [0.717, 1.165) is 12.8 Å². The van der Waals surface area contributed by atoms with Gasteiger partial charge in [-0.15, -0.1) is 0 Å². The highest BCUT2D eigenvalue weighted by molar-refractivity contribution is 6.31. The minimum atomic E-state index is -1.32. The van der Waals surface area contributed by atoms with Crippen LogP contribution in [0.1, 0.15) is 43.2 Å². The SMILES string of the molecule is CC(=O)Nc1ccc(N2CC[C@H]3[C@@H](C2=O)[C@H](c2cccc(Cl)c2F)[C@]2(C(=O)Nc4cc(Cl)ccc42)N3CC2CC2)cc1. The molecular weight excluding hydrogens is 578 g/mol. The summed E-state index contributed by atoms with van der Waals surface area (Å²) in [4.78, 5) is 44.4. The molecule has 3 aliphatic heterocycles. The molecule has 4 atom stereocenters. The summed E-state index contributed by atoms with van der Waals surface area (Å²) >= 11 is 12.7. The number of anilines is 3. The fourth-order valence-corrected chi connectivity index (χ4v) is 7.77. The highest BCUT2D eigenvalue weighted by atomic mass is 35.5. The minimum Gasteiger partial charge on any atom is -0.326 e. The average molecular weight is 608 g/mol. The van der Waals surface area contributed by atoms with Crippen molar-refractivity contribution in [2.45, 2.75) is 43.7 Å². The van der Waals surface area contributed by atoms with E-state index in [2.05, 4.69) is 15.5 Å². The highest BCUT2D eigenvalue weighted by Gasteiger charge is 2.70. The summed E-state index contributed by atoms with van der Waals surface area (Å²) in [6, 6.07) is 16.9. The van der Waals surface area contributed by atoms with E-state index >= 15 is 4.39 Å². The molecule has 216 valence electrons. The monoisotopic (exact) mass is 606 g/mol. The lowest BCUT2D eigenvalue weighted by atomic mass is 9.70. The molecular formula is C32H29Cl2FN4O3. The van der Waals surface area contributed by atoms with E-state index in [4.69, 9.17) is 23.2 Å². The van der Waals surface area contributed by atoms with E-state index < -0.39 is 23.2 Å². The van der Waals surface area contributed by atoms with Gasteiger partial charge in [0, 0.05) is 59.6 Å². The number of hydrogen-bond donors (Lipinski definition) is 2. The van der Waals surface area contributed by atoms with Gasteiger partial charge in [-0.05, 0) is 73.2 Å². The molecule has 4 aliphatic rings.